The first-order chi connectivity index (χ1) is 8.65. The van der Waals surface area contributed by atoms with E-state index in [1.807, 2.05) is 0 Å². The van der Waals surface area contributed by atoms with Gasteiger partial charge in [0, 0.05) is 11.6 Å². The second-order valence-corrected chi connectivity index (χ2v) is 5.49. The third-order valence-corrected chi connectivity index (χ3v) is 3.57. The summed E-state index contributed by atoms with van der Waals surface area (Å²) in [5, 5.41) is 13.7. The lowest BCUT2D eigenvalue weighted by Crippen LogP contribution is -2.32. The van der Waals surface area contributed by atoms with Gasteiger partial charge in [0.2, 0.25) is 0 Å². The molecular weight excluding hydrogens is 250 g/mol. The molecule has 3 nitrogen and oxygen atoms in total. The molecule has 1 saturated carbocycles. The summed E-state index contributed by atoms with van der Waals surface area (Å²) in [7, 11) is 0. The molecule has 100 valence electrons. The molecule has 3 unspecified atom stereocenters. The van der Waals surface area contributed by atoms with Crippen molar-refractivity contribution < 1.29 is 9.84 Å². The molecule has 0 heterocycles. The Kier molecular flexibility index (Phi) is 4.87. The second kappa shape index (κ2) is 6.41. The van der Waals surface area contributed by atoms with E-state index in [1.165, 1.54) is 6.42 Å². The quantitative estimate of drug-likeness (QED) is 0.798. The predicted octanol–water partition coefficient (Wildman–Crippen LogP) is 2.33. The van der Waals surface area contributed by atoms with Gasteiger partial charge >= 0.3 is 0 Å². The topological polar surface area (TPSA) is 41.5 Å². The van der Waals surface area contributed by atoms with Crippen molar-refractivity contribution in [3.63, 3.8) is 0 Å². The minimum Gasteiger partial charge on any atom is -0.491 e. The fraction of sp³-hybridized carbons (Fsp3) is 0.571. The zero-order chi connectivity index (χ0) is 13.0. The SMILES string of the molecule is CC1CC1CNCC(O)COc1ccc(Cl)cc1. The van der Waals surface area contributed by atoms with Crippen molar-refractivity contribution in [2.24, 2.45) is 11.8 Å². The molecule has 4 heteroatoms. The van der Waals surface area contributed by atoms with Crippen molar-refractivity contribution in [1.29, 1.82) is 0 Å². The number of hydrogen-bond acceptors (Lipinski definition) is 3. The Labute approximate surface area is 113 Å². The van der Waals surface area contributed by atoms with Crippen molar-refractivity contribution in [3.8, 4) is 5.75 Å². The average Bonchev–Trinajstić information content (AvgIpc) is 3.05. The van der Waals surface area contributed by atoms with E-state index < -0.39 is 6.10 Å². The van der Waals surface area contributed by atoms with Crippen LogP contribution in [0.3, 0.4) is 0 Å². The molecule has 2 rings (SSSR count). The van der Waals surface area contributed by atoms with Crippen LogP contribution in [0, 0.1) is 11.8 Å². The van der Waals surface area contributed by atoms with Crippen LogP contribution < -0.4 is 10.1 Å². The Hall–Kier alpha value is -0.770. The number of aliphatic hydroxyl groups excluding tert-OH is 1. The van der Waals surface area contributed by atoms with E-state index in [0.29, 0.717) is 18.2 Å². The van der Waals surface area contributed by atoms with E-state index in [9.17, 15) is 5.11 Å². The van der Waals surface area contributed by atoms with E-state index >= 15 is 0 Å². The van der Waals surface area contributed by atoms with Crippen LogP contribution in [0.1, 0.15) is 13.3 Å². The van der Waals surface area contributed by atoms with Gasteiger partial charge < -0.3 is 15.2 Å². The van der Waals surface area contributed by atoms with Crippen molar-refractivity contribution in [2.75, 3.05) is 19.7 Å². The zero-order valence-electron chi connectivity index (χ0n) is 10.6. The van der Waals surface area contributed by atoms with E-state index in [2.05, 4.69) is 12.2 Å². The standard InChI is InChI=1S/C14H20ClNO2/c1-10-6-11(10)7-16-8-13(17)9-18-14-4-2-12(15)3-5-14/h2-5,10-11,13,16-17H,6-9H2,1H3. The van der Waals surface area contributed by atoms with Crippen LogP contribution in [0.25, 0.3) is 0 Å². The Morgan fingerprint density at radius 3 is 2.72 bits per heavy atom. The van der Waals surface area contributed by atoms with Crippen LogP contribution in [0.2, 0.25) is 5.02 Å². The first-order valence-corrected chi connectivity index (χ1v) is 6.80. The second-order valence-electron chi connectivity index (χ2n) is 5.05. The lowest BCUT2D eigenvalue weighted by Gasteiger charge is -2.13. The minimum atomic E-state index is -0.477. The van der Waals surface area contributed by atoms with Crippen LogP contribution in [0.4, 0.5) is 0 Å². The molecule has 0 bridgehead atoms. The van der Waals surface area contributed by atoms with E-state index in [-0.39, 0.29) is 0 Å². The Balaban J connectivity index is 1.59. The molecule has 2 N–H and O–H groups in total. The van der Waals surface area contributed by atoms with Gasteiger partial charge in [-0.15, -0.1) is 0 Å². The number of nitrogens with one attached hydrogen (secondary N) is 1. The maximum Gasteiger partial charge on any atom is 0.119 e. The lowest BCUT2D eigenvalue weighted by atomic mass is 10.3. The van der Waals surface area contributed by atoms with Gasteiger partial charge in [-0.25, -0.2) is 0 Å². The van der Waals surface area contributed by atoms with Crippen LogP contribution in [0.15, 0.2) is 24.3 Å². The molecular formula is C14H20ClNO2. The van der Waals surface area contributed by atoms with Crippen LogP contribution in [0.5, 0.6) is 5.75 Å². The number of benzene rings is 1. The fourth-order valence-electron chi connectivity index (χ4n) is 1.90. The van der Waals surface area contributed by atoms with Gasteiger partial charge in [0.25, 0.3) is 0 Å². The largest absolute Gasteiger partial charge is 0.491 e. The van der Waals surface area contributed by atoms with Gasteiger partial charge in [0.05, 0.1) is 0 Å². The first-order valence-electron chi connectivity index (χ1n) is 6.42. The molecule has 3 atom stereocenters. The number of aliphatic hydroxyl groups is 1. The molecule has 0 saturated heterocycles. The van der Waals surface area contributed by atoms with Gasteiger partial charge in [-0.2, -0.15) is 0 Å². The number of rotatable bonds is 7. The van der Waals surface area contributed by atoms with E-state index in [1.54, 1.807) is 24.3 Å². The van der Waals surface area contributed by atoms with Crippen LogP contribution in [-0.2, 0) is 0 Å². The average molecular weight is 270 g/mol. The van der Waals surface area contributed by atoms with E-state index in [0.717, 1.165) is 24.1 Å². The number of ether oxygens (including phenoxy) is 1. The van der Waals surface area contributed by atoms with Gasteiger partial charge in [-0.05, 0) is 49.1 Å². The predicted molar refractivity (Wildman–Crippen MR) is 73.1 cm³/mol. The zero-order valence-corrected chi connectivity index (χ0v) is 11.4. The number of hydrogen-bond donors (Lipinski definition) is 2. The molecule has 0 aliphatic heterocycles. The Bertz CT molecular complexity index is 369. The van der Waals surface area contributed by atoms with Gasteiger partial charge in [0.15, 0.2) is 0 Å². The summed E-state index contributed by atoms with van der Waals surface area (Å²) in [4.78, 5) is 0. The number of halogens is 1. The molecule has 0 amide bonds. The summed E-state index contributed by atoms with van der Waals surface area (Å²) < 4.78 is 5.47. The highest BCUT2D eigenvalue weighted by Gasteiger charge is 2.31. The summed E-state index contributed by atoms with van der Waals surface area (Å²) in [6.07, 6.45) is 0.833. The maximum absolute atomic E-state index is 9.75. The van der Waals surface area contributed by atoms with Gasteiger partial charge in [-0.3, -0.25) is 0 Å². The third-order valence-electron chi connectivity index (χ3n) is 3.32. The Morgan fingerprint density at radius 2 is 2.11 bits per heavy atom. The van der Waals surface area contributed by atoms with Gasteiger partial charge in [0.1, 0.15) is 18.5 Å². The third kappa shape index (κ3) is 4.48. The van der Waals surface area contributed by atoms with Crippen molar-refractivity contribution in [3.05, 3.63) is 29.3 Å². The molecule has 1 aromatic rings. The van der Waals surface area contributed by atoms with Gasteiger partial charge in [-0.1, -0.05) is 18.5 Å². The molecule has 0 aromatic heterocycles. The molecule has 0 radical (unpaired) electrons. The molecule has 1 aliphatic carbocycles. The van der Waals surface area contributed by atoms with E-state index in [4.69, 9.17) is 16.3 Å². The summed E-state index contributed by atoms with van der Waals surface area (Å²) in [6.45, 7) is 4.14. The monoisotopic (exact) mass is 269 g/mol. The van der Waals surface area contributed by atoms with Crippen molar-refractivity contribution >= 4 is 11.6 Å². The molecule has 18 heavy (non-hydrogen) atoms. The molecule has 1 fully saturated rings. The first kappa shape index (κ1) is 13.7. The highest BCUT2D eigenvalue weighted by molar-refractivity contribution is 6.30. The Morgan fingerprint density at radius 1 is 1.44 bits per heavy atom. The van der Waals surface area contributed by atoms with Crippen molar-refractivity contribution in [2.45, 2.75) is 19.4 Å². The summed E-state index contributed by atoms with van der Waals surface area (Å²) in [5.74, 6) is 2.38. The fourth-order valence-corrected chi connectivity index (χ4v) is 2.03. The maximum atomic E-state index is 9.75. The van der Waals surface area contributed by atoms with Crippen LogP contribution >= 0.6 is 11.6 Å². The highest BCUT2D eigenvalue weighted by Crippen LogP contribution is 2.36. The van der Waals surface area contributed by atoms with Crippen molar-refractivity contribution in [1.82, 2.24) is 5.32 Å². The highest BCUT2D eigenvalue weighted by atomic mass is 35.5. The smallest absolute Gasteiger partial charge is 0.119 e. The molecule has 1 aliphatic rings. The minimum absolute atomic E-state index is 0.300. The molecule has 1 aromatic carbocycles. The molecule has 0 spiro atoms. The summed E-state index contributed by atoms with van der Waals surface area (Å²) in [6, 6.07) is 7.15. The lowest BCUT2D eigenvalue weighted by molar-refractivity contribution is 0.106. The normalized spacial score (nSPS) is 23.7. The summed E-state index contributed by atoms with van der Waals surface area (Å²) in [5.41, 5.74) is 0. The van der Waals surface area contributed by atoms with Crippen LogP contribution in [-0.4, -0.2) is 30.9 Å². The summed E-state index contributed by atoms with van der Waals surface area (Å²) >= 11 is 5.78.